The zero-order chi connectivity index (χ0) is 12.7. The molecule has 4 heteroatoms. The van der Waals surface area contributed by atoms with Crippen molar-refractivity contribution in [2.75, 3.05) is 11.0 Å². The standard InChI is InChI=1S/C13H20NO2S/c1-3-4-5-6-8-12-9-7-10-13(11-12)14-17(2,15)16/h7,9-11,14H,1,3-6,8H2,2H3. The lowest BCUT2D eigenvalue weighted by atomic mass is 10.1. The fraction of sp³-hybridized carbons (Fsp3) is 0.462. The first-order valence-corrected chi connectivity index (χ1v) is 7.76. The van der Waals surface area contributed by atoms with Crippen molar-refractivity contribution in [2.45, 2.75) is 32.1 Å². The second kappa shape index (κ2) is 6.64. The second-order valence-electron chi connectivity index (χ2n) is 4.24. The Bertz CT molecular complexity index is 440. The Hall–Kier alpha value is -1.03. The van der Waals surface area contributed by atoms with Crippen LogP contribution in [0.25, 0.3) is 0 Å². The summed E-state index contributed by atoms with van der Waals surface area (Å²) in [6.45, 7) is 3.81. The fourth-order valence-corrected chi connectivity index (χ4v) is 2.24. The van der Waals surface area contributed by atoms with Gasteiger partial charge in [0.2, 0.25) is 10.0 Å². The predicted octanol–water partition coefficient (Wildman–Crippen LogP) is 3.00. The minimum Gasteiger partial charge on any atom is -0.284 e. The molecule has 0 aliphatic rings. The first-order chi connectivity index (χ1) is 8.01. The summed E-state index contributed by atoms with van der Waals surface area (Å²) in [4.78, 5) is 0. The minimum atomic E-state index is -3.18. The molecule has 95 valence electrons. The van der Waals surface area contributed by atoms with Crippen molar-refractivity contribution in [3.8, 4) is 0 Å². The monoisotopic (exact) mass is 254 g/mol. The molecule has 0 amide bonds. The van der Waals surface area contributed by atoms with E-state index < -0.39 is 10.0 Å². The highest BCUT2D eigenvalue weighted by Crippen LogP contribution is 2.14. The predicted molar refractivity (Wildman–Crippen MR) is 72.4 cm³/mol. The summed E-state index contributed by atoms with van der Waals surface area (Å²) in [6, 6.07) is 7.56. The number of benzene rings is 1. The van der Waals surface area contributed by atoms with Crippen molar-refractivity contribution in [3.05, 3.63) is 36.8 Å². The lowest BCUT2D eigenvalue weighted by molar-refractivity contribution is 0.607. The molecular weight excluding hydrogens is 234 g/mol. The molecule has 1 rings (SSSR count). The topological polar surface area (TPSA) is 46.2 Å². The van der Waals surface area contributed by atoms with Gasteiger partial charge in [-0.3, -0.25) is 4.72 Å². The van der Waals surface area contributed by atoms with E-state index in [9.17, 15) is 8.42 Å². The van der Waals surface area contributed by atoms with Crippen LogP contribution in [0, 0.1) is 6.92 Å². The van der Waals surface area contributed by atoms with Crippen LogP contribution in [0.1, 0.15) is 31.2 Å². The Labute approximate surface area is 104 Å². The molecule has 0 fully saturated rings. The number of sulfonamides is 1. The molecule has 0 aliphatic heterocycles. The molecule has 0 aromatic heterocycles. The number of rotatable bonds is 7. The van der Waals surface area contributed by atoms with E-state index in [4.69, 9.17) is 0 Å². The zero-order valence-corrected chi connectivity index (χ0v) is 11.1. The van der Waals surface area contributed by atoms with Crippen LogP contribution >= 0.6 is 0 Å². The van der Waals surface area contributed by atoms with E-state index in [1.807, 2.05) is 18.2 Å². The number of anilines is 1. The molecule has 3 nitrogen and oxygen atoms in total. The van der Waals surface area contributed by atoms with Crippen LogP contribution in [-0.2, 0) is 16.4 Å². The molecule has 1 aromatic rings. The minimum absolute atomic E-state index is 0.641. The van der Waals surface area contributed by atoms with Gasteiger partial charge in [0.05, 0.1) is 6.26 Å². The Morgan fingerprint density at radius 2 is 2.00 bits per heavy atom. The number of unbranched alkanes of at least 4 members (excludes halogenated alkanes) is 3. The third kappa shape index (κ3) is 6.31. The number of hydrogen-bond acceptors (Lipinski definition) is 2. The van der Waals surface area contributed by atoms with E-state index in [0.29, 0.717) is 5.69 Å². The second-order valence-corrected chi connectivity index (χ2v) is 5.99. The van der Waals surface area contributed by atoms with Crippen LogP contribution in [0.4, 0.5) is 5.69 Å². The number of aryl methyl sites for hydroxylation is 1. The van der Waals surface area contributed by atoms with Crippen LogP contribution in [-0.4, -0.2) is 14.7 Å². The van der Waals surface area contributed by atoms with Crippen molar-refractivity contribution in [3.63, 3.8) is 0 Å². The maximum Gasteiger partial charge on any atom is 0.229 e. The molecule has 0 heterocycles. The summed E-state index contributed by atoms with van der Waals surface area (Å²) in [7, 11) is -3.18. The molecule has 0 unspecified atom stereocenters. The normalized spacial score (nSPS) is 11.4. The maximum atomic E-state index is 11.1. The number of hydrogen-bond donors (Lipinski definition) is 1. The summed E-state index contributed by atoms with van der Waals surface area (Å²) in [5.74, 6) is 0. The van der Waals surface area contributed by atoms with E-state index in [-0.39, 0.29) is 0 Å². The van der Waals surface area contributed by atoms with Crippen molar-refractivity contribution >= 4 is 15.7 Å². The first kappa shape index (κ1) is 14.0. The summed E-state index contributed by atoms with van der Waals surface area (Å²) in [5.41, 5.74) is 1.81. The Morgan fingerprint density at radius 3 is 2.65 bits per heavy atom. The van der Waals surface area contributed by atoms with Gasteiger partial charge in [-0.05, 0) is 30.5 Å². The van der Waals surface area contributed by atoms with Gasteiger partial charge in [-0.2, -0.15) is 0 Å². The van der Waals surface area contributed by atoms with Gasteiger partial charge in [-0.1, -0.05) is 38.3 Å². The zero-order valence-electron chi connectivity index (χ0n) is 10.3. The Morgan fingerprint density at radius 1 is 1.24 bits per heavy atom. The third-order valence-corrected chi connectivity index (χ3v) is 3.05. The summed E-state index contributed by atoms with van der Waals surface area (Å²) < 4.78 is 24.7. The molecule has 0 aliphatic carbocycles. The highest BCUT2D eigenvalue weighted by Gasteiger charge is 2.02. The van der Waals surface area contributed by atoms with Crippen LogP contribution in [0.5, 0.6) is 0 Å². The molecule has 0 bridgehead atoms. The van der Waals surface area contributed by atoms with Crippen LogP contribution in [0.3, 0.4) is 0 Å². The molecule has 1 radical (unpaired) electrons. The van der Waals surface area contributed by atoms with Gasteiger partial charge in [-0.25, -0.2) is 8.42 Å². The van der Waals surface area contributed by atoms with Crippen LogP contribution < -0.4 is 4.72 Å². The molecule has 1 N–H and O–H groups in total. The van der Waals surface area contributed by atoms with Crippen molar-refractivity contribution < 1.29 is 8.42 Å². The number of nitrogens with one attached hydrogen (secondary N) is 1. The van der Waals surface area contributed by atoms with Crippen LogP contribution in [0.15, 0.2) is 24.3 Å². The highest BCUT2D eigenvalue weighted by atomic mass is 32.2. The summed E-state index contributed by atoms with van der Waals surface area (Å²) in [5, 5.41) is 0. The molecule has 17 heavy (non-hydrogen) atoms. The summed E-state index contributed by atoms with van der Waals surface area (Å²) in [6.07, 6.45) is 6.58. The lowest BCUT2D eigenvalue weighted by Crippen LogP contribution is -2.09. The first-order valence-electron chi connectivity index (χ1n) is 5.87. The quantitative estimate of drug-likeness (QED) is 0.760. The van der Waals surface area contributed by atoms with Crippen molar-refractivity contribution in [1.29, 1.82) is 0 Å². The molecule has 0 saturated heterocycles. The molecule has 0 saturated carbocycles. The lowest BCUT2D eigenvalue weighted by Gasteiger charge is -2.06. The van der Waals surface area contributed by atoms with E-state index in [0.717, 1.165) is 31.9 Å². The third-order valence-electron chi connectivity index (χ3n) is 2.45. The van der Waals surface area contributed by atoms with Gasteiger partial charge in [0.15, 0.2) is 0 Å². The molecular formula is C13H20NO2S. The SMILES string of the molecule is [CH2]CCCCCc1cccc(NS(C)(=O)=O)c1. The Balaban J connectivity index is 2.54. The van der Waals surface area contributed by atoms with Crippen molar-refractivity contribution in [1.82, 2.24) is 0 Å². The Kier molecular flexibility index (Phi) is 5.48. The average Bonchev–Trinajstić information content (AvgIpc) is 2.23. The van der Waals surface area contributed by atoms with Crippen molar-refractivity contribution in [2.24, 2.45) is 0 Å². The summed E-state index contributed by atoms with van der Waals surface area (Å²) >= 11 is 0. The van der Waals surface area contributed by atoms with E-state index in [1.165, 1.54) is 12.0 Å². The van der Waals surface area contributed by atoms with E-state index >= 15 is 0 Å². The highest BCUT2D eigenvalue weighted by molar-refractivity contribution is 7.92. The largest absolute Gasteiger partial charge is 0.284 e. The fourth-order valence-electron chi connectivity index (χ4n) is 1.69. The molecule has 1 aromatic carbocycles. The molecule has 0 spiro atoms. The van der Waals surface area contributed by atoms with Gasteiger partial charge < -0.3 is 0 Å². The smallest absolute Gasteiger partial charge is 0.229 e. The maximum absolute atomic E-state index is 11.1. The van der Waals surface area contributed by atoms with E-state index in [1.54, 1.807) is 6.07 Å². The van der Waals surface area contributed by atoms with E-state index in [2.05, 4.69) is 11.6 Å². The van der Waals surface area contributed by atoms with Gasteiger partial charge in [-0.15, -0.1) is 0 Å². The van der Waals surface area contributed by atoms with Gasteiger partial charge >= 0.3 is 0 Å². The van der Waals surface area contributed by atoms with Crippen LogP contribution in [0.2, 0.25) is 0 Å². The van der Waals surface area contributed by atoms with Gasteiger partial charge in [0, 0.05) is 5.69 Å². The molecule has 0 atom stereocenters. The van der Waals surface area contributed by atoms with Gasteiger partial charge in [0.1, 0.15) is 0 Å². The van der Waals surface area contributed by atoms with Gasteiger partial charge in [0.25, 0.3) is 0 Å². The average molecular weight is 254 g/mol.